The van der Waals surface area contributed by atoms with Gasteiger partial charge in [0.2, 0.25) is 11.8 Å². The van der Waals surface area contributed by atoms with Crippen LogP contribution < -0.4 is 4.74 Å². The van der Waals surface area contributed by atoms with E-state index in [0.29, 0.717) is 25.6 Å². The first-order chi connectivity index (χ1) is 9.19. The number of likely N-dealkylation sites (tertiary alicyclic amines) is 1. The third-order valence-electron chi connectivity index (χ3n) is 2.92. The summed E-state index contributed by atoms with van der Waals surface area (Å²) in [4.78, 5) is 17.7. The molecule has 0 saturated carbocycles. The highest BCUT2D eigenvalue weighted by atomic mass is 79.9. The van der Waals surface area contributed by atoms with Gasteiger partial charge in [-0.2, -0.15) is 0 Å². The van der Waals surface area contributed by atoms with Crippen LogP contribution in [0.4, 0.5) is 0 Å². The fourth-order valence-corrected chi connectivity index (χ4v) is 2.17. The highest BCUT2D eigenvalue weighted by molar-refractivity contribution is 9.10. The predicted octanol–water partition coefficient (Wildman–Crippen LogP) is 1.86. The Labute approximate surface area is 121 Å². The van der Waals surface area contributed by atoms with Gasteiger partial charge in [0, 0.05) is 36.3 Å². The molecule has 2 heterocycles. The normalized spacial score (nSPS) is 18.6. The van der Waals surface area contributed by atoms with Crippen molar-refractivity contribution in [3.8, 4) is 5.88 Å². The molecule has 1 aromatic heterocycles. The smallest absolute Gasteiger partial charge is 0.248 e. The molecule has 0 radical (unpaired) electrons. The molecule has 5 nitrogen and oxygen atoms in total. The lowest BCUT2D eigenvalue weighted by Crippen LogP contribution is -2.33. The second-order valence-corrected chi connectivity index (χ2v) is 5.24. The quantitative estimate of drug-likeness (QED) is 0.827. The maximum atomic E-state index is 11.8. The van der Waals surface area contributed by atoms with E-state index in [1.165, 1.54) is 0 Å². The molecule has 0 aliphatic carbocycles. The van der Waals surface area contributed by atoms with Gasteiger partial charge in [-0.15, -0.1) is 0 Å². The zero-order valence-corrected chi connectivity index (χ0v) is 12.4. The summed E-state index contributed by atoms with van der Waals surface area (Å²) in [6.07, 6.45) is 2.54. The molecule has 2 rings (SSSR count). The number of pyridine rings is 1. The van der Waals surface area contributed by atoms with E-state index < -0.39 is 0 Å². The van der Waals surface area contributed by atoms with Crippen molar-refractivity contribution in [2.75, 3.05) is 26.3 Å². The van der Waals surface area contributed by atoms with Gasteiger partial charge < -0.3 is 14.4 Å². The third-order valence-corrected chi connectivity index (χ3v) is 3.38. The molecule has 0 N–H and O–H groups in total. The fourth-order valence-electron chi connectivity index (χ4n) is 1.93. The molecule has 1 saturated heterocycles. The molecule has 0 bridgehead atoms. The van der Waals surface area contributed by atoms with Crippen LogP contribution in [-0.4, -0.2) is 48.2 Å². The van der Waals surface area contributed by atoms with E-state index >= 15 is 0 Å². The van der Waals surface area contributed by atoms with E-state index in [0.717, 1.165) is 10.9 Å². The molecule has 1 fully saturated rings. The minimum atomic E-state index is 0.0132. The van der Waals surface area contributed by atoms with Crippen molar-refractivity contribution in [3.05, 3.63) is 22.8 Å². The van der Waals surface area contributed by atoms with Gasteiger partial charge in [-0.3, -0.25) is 4.79 Å². The maximum absolute atomic E-state index is 11.8. The van der Waals surface area contributed by atoms with Crippen molar-refractivity contribution in [1.82, 2.24) is 9.88 Å². The Morgan fingerprint density at radius 3 is 3.11 bits per heavy atom. The summed E-state index contributed by atoms with van der Waals surface area (Å²) in [6, 6.07) is 3.70. The Balaban J connectivity index is 1.81. The Hall–Kier alpha value is -1.14. The van der Waals surface area contributed by atoms with E-state index in [9.17, 15) is 4.79 Å². The Morgan fingerprint density at radius 2 is 2.42 bits per heavy atom. The second kappa shape index (κ2) is 6.86. The molecule has 1 unspecified atom stereocenters. The molecule has 1 aliphatic rings. The van der Waals surface area contributed by atoms with Gasteiger partial charge in [0.1, 0.15) is 12.7 Å². The highest BCUT2D eigenvalue weighted by Gasteiger charge is 2.27. The van der Waals surface area contributed by atoms with Gasteiger partial charge in [-0.05, 0) is 28.9 Å². The van der Waals surface area contributed by atoms with Crippen LogP contribution >= 0.6 is 15.9 Å². The van der Waals surface area contributed by atoms with Gasteiger partial charge in [0.15, 0.2) is 0 Å². The van der Waals surface area contributed by atoms with Crippen LogP contribution in [0.2, 0.25) is 0 Å². The molecule has 19 heavy (non-hydrogen) atoms. The van der Waals surface area contributed by atoms with Crippen molar-refractivity contribution in [2.24, 2.45) is 0 Å². The monoisotopic (exact) mass is 328 g/mol. The molecule has 1 atom stereocenters. The second-order valence-electron chi connectivity index (χ2n) is 4.32. The van der Waals surface area contributed by atoms with E-state index in [1.807, 2.05) is 19.1 Å². The predicted molar refractivity (Wildman–Crippen MR) is 74.0 cm³/mol. The molecular weight excluding hydrogens is 312 g/mol. The van der Waals surface area contributed by atoms with Crippen LogP contribution in [-0.2, 0) is 9.53 Å². The summed E-state index contributed by atoms with van der Waals surface area (Å²) in [5.41, 5.74) is 0. The van der Waals surface area contributed by atoms with Crippen molar-refractivity contribution >= 4 is 21.8 Å². The molecular formula is C13H17BrN2O3. The van der Waals surface area contributed by atoms with Crippen LogP contribution in [0.15, 0.2) is 22.8 Å². The maximum Gasteiger partial charge on any atom is 0.248 e. The van der Waals surface area contributed by atoms with Crippen LogP contribution in [0.3, 0.4) is 0 Å². The zero-order chi connectivity index (χ0) is 13.7. The molecule has 6 heteroatoms. The average Bonchev–Trinajstić information content (AvgIpc) is 2.87. The first-order valence-electron chi connectivity index (χ1n) is 6.32. The highest BCUT2D eigenvalue weighted by Crippen LogP contribution is 2.18. The third kappa shape index (κ3) is 4.18. The Kier molecular flexibility index (Phi) is 5.15. The summed E-state index contributed by atoms with van der Waals surface area (Å²) >= 11 is 3.33. The first kappa shape index (κ1) is 14.3. The van der Waals surface area contributed by atoms with Crippen molar-refractivity contribution in [1.29, 1.82) is 0 Å². The van der Waals surface area contributed by atoms with Crippen molar-refractivity contribution < 1.29 is 14.3 Å². The van der Waals surface area contributed by atoms with Crippen LogP contribution in [0.5, 0.6) is 5.88 Å². The number of hydrogen-bond acceptors (Lipinski definition) is 4. The summed E-state index contributed by atoms with van der Waals surface area (Å²) in [5.74, 6) is 0.615. The molecule has 1 aromatic rings. The molecule has 0 aromatic carbocycles. The number of rotatable bonds is 5. The van der Waals surface area contributed by atoms with Crippen LogP contribution in [0.1, 0.15) is 13.3 Å². The summed E-state index contributed by atoms with van der Waals surface area (Å²) in [5, 5.41) is 0. The topological polar surface area (TPSA) is 51.7 Å². The number of aromatic nitrogens is 1. The summed E-state index contributed by atoms with van der Waals surface area (Å²) in [6.45, 7) is 3.90. The van der Waals surface area contributed by atoms with Gasteiger partial charge in [-0.1, -0.05) is 0 Å². The number of hydrogen-bond donors (Lipinski definition) is 0. The fraction of sp³-hybridized carbons (Fsp3) is 0.538. The minimum absolute atomic E-state index is 0.0132. The first-order valence-corrected chi connectivity index (χ1v) is 7.12. The number of halogens is 1. The lowest BCUT2D eigenvalue weighted by atomic mass is 10.3. The number of carbonyl (C=O) groups is 1. The lowest BCUT2D eigenvalue weighted by molar-refractivity contribution is -0.135. The number of nitrogens with zero attached hydrogens (tertiary/aromatic N) is 2. The molecule has 0 spiro atoms. The van der Waals surface area contributed by atoms with E-state index in [2.05, 4.69) is 20.9 Å². The number of ether oxygens (including phenoxy) is 2. The van der Waals surface area contributed by atoms with E-state index in [4.69, 9.17) is 9.47 Å². The Morgan fingerprint density at radius 1 is 1.58 bits per heavy atom. The molecule has 1 amide bonds. The van der Waals surface area contributed by atoms with Gasteiger partial charge in [0.25, 0.3) is 0 Å². The van der Waals surface area contributed by atoms with Gasteiger partial charge in [0.05, 0.1) is 6.54 Å². The Bertz CT molecular complexity index is 424. The summed E-state index contributed by atoms with van der Waals surface area (Å²) in [7, 11) is 0. The van der Waals surface area contributed by atoms with Crippen molar-refractivity contribution in [3.63, 3.8) is 0 Å². The van der Waals surface area contributed by atoms with Gasteiger partial charge >= 0.3 is 0 Å². The SMILES string of the molecule is CCOCC(=O)N1CCC(Oc2ccc(Br)cn2)C1. The molecule has 104 valence electrons. The van der Waals surface area contributed by atoms with Crippen LogP contribution in [0.25, 0.3) is 0 Å². The lowest BCUT2D eigenvalue weighted by Gasteiger charge is -2.16. The largest absolute Gasteiger partial charge is 0.472 e. The van der Waals surface area contributed by atoms with Crippen molar-refractivity contribution in [2.45, 2.75) is 19.4 Å². The standard InChI is InChI=1S/C13H17BrN2O3/c1-2-18-9-13(17)16-6-5-11(8-16)19-12-4-3-10(14)7-15-12/h3-4,7,11H,2,5-6,8-9H2,1H3. The molecule has 1 aliphatic heterocycles. The van der Waals surface area contributed by atoms with E-state index in [1.54, 1.807) is 11.1 Å². The number of amides is 1. The summed E-state index contributed by atoms with van der Waals surface area (Å²) < 4.78 is 11.8. The van der Waals surface area contributed by atoms with Gasteiger partial charge in [-0.25, -0.2) is 4.98 Å². The average molecular weight is 329 g/mol. The van der Waals surface area contributed by atoms with E-state index in [-0.39, 0.29) is 18.6 Å². The number of carbonyl (C=O) groups excluding carboxylic acids is 1. The zero-order valence-electron chi connectivity index (χ0n) is 10.8. The van der Waals surface area contributed by atoms with Crippen LogP contribution in [0, 0.1) is 0 Å². The minimum Gasteiger partial charge on any atom is -0.472 e.